The second kappa shape index (κ2) is 8.36. The molecule has 0 N–H and O–H groups in total. The third-order valence-corrected chi connectivity index (χ3v) is 5.52. The van der Waals surface area contributed by atoms with Gasteiger partial charge in [-0.15, -0.1) is 0 Å². The Morgan fingerprint density at radius 3 is 2.81 bits per heavy atom. The minimum absolute atomic E-state index is 0.164. The van der Waals surface area contributed by atoms with E-state index < -0.39 is 0 Å². The van der Waals surface area contributed by atoms with Crippen LogP contribution < -0.4 is 18.9 Å². The Labute approximate surface area is 185 Å². The number of fused-ring (bicyclic) bond motifs is 3. The summed E-state index contributed by atoms with van der Waals surface area (Å²) in [5.41, 5.74) is 3.08. The van der Waals surface area contributed by atoms with Crippen molar-refractivity contribution < 1.29 is 23.7 Å². The van der Waals surface area contributed by atoms with E-state index in [0.29, 0.717) is 42.6 Å². The van der Waals surface area contributed by atoms with Crippen LogP contribution in [0.5, 0.6) is 23.0 Å². The third-order valence-electron chi connectivity index (χ3n) is 5.52. The maximum atomic E-state index is 13.1. The Morgan fingerprint density at radius 2 is 2.03 bits per heavy atom. The Bertz CT molecular complexity index is 1210. The summed E-state index contributed by atoms with van der Waals surface area (Å²) in [5.74, 6) is 2.64. The van der Waals surface area contributed by atoms with E-state index in [1.807, 2.05) is 36.4 Å². The molecule has 0 saturated carbocycles. The van der Waals surface area contributed by atoms with Gasteiger partial charge in [0.05, 0.1) is 31.0 Å². The lowest BCUT2D eigenvalue weighted by Crippen LogP contribution is -2.32. The van der Waals surface area contributed by atoms with Crippen molar-refractivity contribution in [1.29, 1.82) is 0 Å². The third kappa shape index (κ3) is 3.67. The average Bonchev–Trinajstić information content (AvgIpc) is 3.15. The van der Waals surface area contributed by atoms with Gasteiger partial charge in [-0.2, -0.15) is 0 Å². The number of aromatic nitrogens is 1. The van der Waals surface area contributed by atoms with Crippen molar-refractivity contribution in [1.82, 2.24) is 9.88 Å². The summed E-state index contributed by atoms with van der Waals surface area (Å²) in [7, 11) is 3.17. The fraction of sp³-hybridized carbons (Fsp3) is 0.200. The standard InChI is InChI=1S/C25H22N2O5/c1-29-18-7-6-16(22(12-18)30-2)11-23-24(28)19-8-9-21-20(25(19)32-23)14-27(15-31-21)13-17-5-3-4-10-26-17/h3-12H,13-15H2,1-2H3/b23-11-. The zero-order valence-electron chi connectivity index (χ0n) is 17.8. The van der Waals surface area contributed by atoms with Gasteiger partial charge in [0.15, 0.2) is 5.76 Å². The van der Waals surface area contributed by atoms with E-state index in [-0.39, 0.29) is 11.5 Å². The van der Waals surface area contributed by atoms with E-state index in [1.165, 1.54) is 0 Å². The highest BCUT2D eigenvalue weighted by Crippen LogP contribution is 2.42. The summed E-state index contributed by atoms with van der Waals surface area (Å²) in [5, 5.41) is 0. The maximum Gasteiger partial charge on any atom is 0.231 e. The van der Waals surface area contributed by atoms with Gasteiger partial charge in [0.2, 0.25) is 5.78 Å². The Hall–Kier alpha value is -3.84. The summed E-state index contributed by atoms with van der Waals surface area (Å²) in [6.45, 7) is 1.69. The predicted octanol–water partition coefficient (Wildman–Crippen LogP) is 4.07. The molecule has 162 valence electrons. The molecule has 0 bridgehead atoms. The SMILES string of the molecule is COc1ccc(/C=C2\Oc3c(ccc4c3CN(Cc3ccccn3)CO4)C2=O)c(OC)c1. The number of nitrogens with zero attached hydrogens (tertiary/aromatic N) is 2. The number of methoxy groups -OCH3 is 2. The maximum absolute atomic E-state index is 13.1. The number of carbonyl (C=O) groups excluding carboxylic acids is 1. The summed E-state index contributed by atoms with van der Waals surface area (Å²) in [6, 6.07) is 14.8. The van der Waals surface area contributed by atoms with Gasteiger partial charge in [-0.1, -0.05) is 6.07 Å². The molecule has 0 radical (unpaired) electrons. The normalized spacial score (nSPS) is 16.2. The van der Waals surface area contributed by atoms with Crippen LogP contribution in [-0.4, -0.2) is 36.6 Å². The first-order valence-corrected chi connectivity index (χ1v) is 10.2. The number of hydrogen-bond donors (Lipinski definition) is 0. The van der Waals surface area contributed by atoms with E-state index in [1.54, 1.807) is 38.6 Å². The van der Waals surface area contributed by atoms with Crippen molar-refractivity contribution in [3.05, 3.63) is 82.9 Å². The number of carbonyl (C=O) groups is 1. The minimum atomic E-state index is -0.164. The first-order chi connectivity index (χ1) is 15.7. The molecule has 2 aromatic carbocycles. The van der Waals surface area contributed by atoms with Crippen molar-refractivity contribution in [2.24, 2.45) is 0 Å². The van der Waals surface area contributed by atoms with Gasteiger partial charge in [0.25, 0.3) is 0 Å². The number of allylic oxidation sites excluding steroid dienone is 1. The highest BCUT2D eigenvalue weighted by molar-refractivity contribution is 6.15. The van der Waals surface area contributed by atoms with Crippen LogP contribution in [0.15, 0.2) is 60.5 Å². The fourth-order valence-electron chi connectivity index (χ4n) is 3.91. The molecule has 1 aromatic heterocycles. The summed E-state index contributed by atoms with van der Waals surface area (Å²) >= 11 is 0. The number of rotatable bonds is 5. The zero-order valence-corrected chi connectivity index (χ0v) is 17.8. The molecule has 7 heteroatoms. The van der Waals surface area contributed by atoms with Crippen molar-refractivity contribution in [3.63, 3.8) is 0 Å². The van der Waals surface area contributed by atoms with Crippen molar-refractivity contribution in [2.75, 3.05) is 21.0 Å². The molecule has 0 unspecified atom stereocenters. The van der Waals surface area contributed by atoms with Gasteiger partial charge < -0.3 is 18.9 Å². The van der Waals surface area contributed by atoms with Crippen LogP contribution in [0, 0.1) is 0 Å². The first kappa shape index (κ1) is 20.1. The molecular weight excluding hydrogens is 408 g/mol. The van der Waals surface area contributed by atoms with Crippen LogP contribution in [0.25, 0.3) is 6.08 Å². The van der Waals surface area contributed by atoms with Crippen molar-refractivity contribution in [3.8, 4) is 23.0 Å². The molecule has 3 aromatic rings. The van der Waals surface area contributed by atoms with Gasteiger partial charge in [-0.05, 0) is 42.5 Å². The van der Waals surface area contributed by atoms with Gasteiger partial charge in [0, 0.05) is 30.9 Å². The van der Waals surface area contributed by atoms with Crippen LogP contribution >= 0.6 is 0 Å². The van der Waals surface area contributed by atoms with Crippen LogP contribution in [0.2, 0.25) is 0 Å². The molecule has 32 heavy (non-hydrogen) atoms. The molecular formula is C25H22N2O5. The van der Waals surface area contributed by atoms with Crippen LogP contribution in [0.3, 0.4) is 0 Å². The Morgan fingerprint density at radius 1 is 1.12 bits per heavy atom. The Kier molecular flexibility index (Phi) is 5.25. The van der Waals surface area contributed by atoms with E-state index in [9.17, 15) is 4.79 Å². The zero-order chi connectivity index (χ0) is 22.1. The second-order valence-corrected chi connectivity index (χ2v) is 7.55. The molecule has 7 nitrogen and oxygen atoms in total. The number of pyridine rings is 1. The first-order valence-electron chi connectivity index (χ1n) is 10.2. The number of ether oxygens (including phenoxy) is 4. The van der Waals surface area contributed by atoms with E-state index in [2.05, 4.69) is 9.88 Å². The van der Waals surface area contributed by atoms with Gasteiger partial charge in [0.1, 0.15) is 29.7 Å². The largest absolute Gasteiger partial charge is 0.497 e. The average molecular weight is 430 g/mol. The summed E-state index contributed by atoms with van der Waals surface area (Å²) < 4.78 is 22.7. The molecule has 0 aliphatic carbocycles. The van der Waals surface area contributed by atoms with Gasteiger partial charge in [-0.25, -0.2) is 0 Å². The quantitative estimate of drug-likeness (QED) is 0.565. The van der Waals surface area contributed by atoms with E-state index >= 15 is 0 Å². The lowest BCUT2D eigenvalue weighted by molar-refractivity contribution is 0.0861. The number of hydrogen-bond acceptors (Lipinski definition) is 7. The fourth-order valence-corrected chi connectivity index (χ4v) is 3.91. The van der Waals surface area contributed by atoms with Crippen molar-refractivity contribution >= 4 is 11.9 Å². The smallest absolute Gasteiger partial charge is 0.231 e. The lowest BCUT2D eigenvalue weighted by atomic mass is 10.0. The van der Waals surface area contributed by atoms with Gasteiger partial charge in [-0.3, -0.25) is 14.7 Å². The number of benzene rings is 2. The topological polar surface area (TPSA) is 70.1 Å². The number of ketones is 1. The van der Waals surface area contributed by atoms with E-state index in [4.69, 9.17) is 18.9 Å². The highest BCUT2D eigenvalue weighted by Gasteiger charge is 2.33. The molecule has 2 aliphatic rings. The molecule has 0 saturated heterocycles. The molecule has 5 rings (SSSR count). The molecule has 3 heterocycles. The molecule has 0 amide bonds. The van der Waals surface area contributed by atoms with Crippen LogP contribution in [0.4, 0.5) is 0 Å². The molecule has 2 aliphatic heterocycles. The highest BCUT2D eigenvalue weighted by atomic mass is 16.5. The van der Waals surface area contributed by atoms with Crippen LogP contribution in [0.1, 0.15) is 27.2 Å². The molecule has 0 spiro atoms. The molecule has 0 atom stereocenters. The number of Topliss-reactive ketones (excluding diaryl/α,β-unsaturated/α-hetero) is 1. The second-order valence-electron chi connectivity index (χ2n) is 7.55. The van der Waals surface area contributed by atoms with Gasteiger partial charge >= 0.3 is 0 Å². The van der Waals surface area contributed by atoms with E-state index in [0.717, 1.165) is 22.6 Å². The predicted molar refractivity (Wildman–Crippen MR) is 118 cm³/mol. The van der Waals surface area contributed by atoms with Crippen molar-refractivity contribution in [2.45, 2.75) is 13.1 Å². The Balaban J connectivity index is 1.44. The van der Waals surface area contributed by atoms with Crippen LogP contribution in [-0.2, 0) is 13.1 Å². The molecule has 0 fully saturated rings. The summed E-state index contributed by atoms with van der Waals surface area (Å²) in [4.78, 5) is 19.6. The lowest BCUT2D eigenvalue weighted by Gasteiger charge is -2.29. The minimum Gasteiger partial charge on any atom is -0.497 e. The monoisotopic (exact) mass is 430 g/mol. The summed E-state index contributed by atoms with van der Waals surface area (Å²) in [6.07, 6.45) is 3.47.